The van der Waals surface area contributed by atoms with Crippen molar-refractivity contribution >= 4 is 0 Å². The number of halogens is 1. The van der Waals surface area contributed by atoms with Gasteiger partial charge in [0.05, 0.1) is 0 Å². The maximum Gasteiger partial charge on any atom is 0.114 e. The Labute approximate surface area is 100 Å². The summed E-state index contributed by atoms with van der Waals surface area (Å²) in [6.45, 7) is 5.09. The van der Waals surface area contributed by atoms with Crippen molar-refractivity contribution in [2.24, 2.45) is 5.92 Å². The SMILES string of the molecule is CCCCC(CCCC)C[C@@H]1C[C@H](F)CN1. The van der Waals surface area contributed by atoms with E-state index in [0.29, 0.717) is 12.6 Å². The van der Waals surface area contributed by atoms with E-state index in [1.807, 2.05) is 0 Å². The number of hydrogen-bond donors (Lipinski definition) is 1. The van der Waals surface area contributed by atoms with Gasteiger partial charge in [0.25, 0.3) is 0 Å². The van der Waals surface area contributed by atoms with Crippen LogP contribution < -0.4 is 5.32 Å². The summed E-state index contributed by atoms with van der Waals surface area (Å²) in [5.74, 6) is 0.822. The average molecular weight is 229 g/mol. The van der Waals surface area contributed by atoms with E-state index in [4.69, 9.17) is 0 Å². The van der Waals surface area contributed by atoms with Gasteiger partial charge in [0.15, 0.2) is 0 Å². The molecule has 0 aromatic rings. The predicted octanol–water partition coefficient (Wildman–Crippen LogP) is 4.07. The standard InChI is InChI=1S/C14H28FN/c1-3-5-7-12(8-6-4-2)9-14-10-13(15)11-16-14/h12-14,16H,3-11H2,1-2H3/t13-,14+/m0/s1. The Balaban J connectivity index is 2.24. The summed E-state index contributed by atoms with van der Waals surface area (Å²) in [5, 5.41) is 3.31. The molecule has 1 aliphatic rings. The molecule has 96 valence electrons. The molecule has 0 aliphatic carbocycles. The lowest BCUT2D eigenvalue weighted by Crippen LogP contribution is -2.24. The summed E-state index contributed by atoms with van der Waals surface area (Å²) in [6.07, 6.45) is 9.26. The average Bonchev–Trinajstić information content (AvgIpc) is 2.68. The van der Waals surface area contributed by atoms with E-state index < -0.39 is 6.17 Å². The molecule has 0 radical (unpaired) electrons. The number of nitrogens with one attached hydrogen (secondary N) is 1. The zero-order chi connectivity index (χ0) is 11.8. The minimum atomic E-state index is -0.594. The van der Waals surface area contributed by atoms with Crippen molar-refractivity contribution < 1.29 is 4.39 Å². The molecule has 0 bridgehead atoms. The van der Waals surface area contributed by atoms with Gasteiger partial charge in [0.2, 0.25) is 0 Å². The number of alkyl halides is 1. The topological polar surface area (TPSA) is 12.0 Å². The first-order valence-corrected chi connectivity index (χ1v) is 7.13. The van der Waals surface area contributed by atoms with Gasteiger partial charge in [-0.2, -0.15) is 0 Å². The molecule has 16 heavy (non-hydrogen) atoms. The Kier molecular flexibility index (Phi) is 7.02. The number of unbranched alkanes of at least 4 members (excludes halogenated alkanes) is 2. The van der Waals surface area contributed by atoms with Crippen LogP contribution in [0.25, 0.3) is 0 Å². The van der Waals surface area contributed by atoms with E-state index in [9.17, 15) is 4.39 Å². The molecule has 0 aromatic carbocycles. The van der Waals surface area contributed by atoms with Crippen LogP contribution in [0.5, 0.6) is 0 Å². The van der Waals surface area contributed by atoms with Crippen molar-refractivity contribution in [3.05, 3.63) is 0 Å². The van der Waals surface area contributed by atoms with Crippen LogP contribution in [0, 0.1) is 5.92 Å². The third kappa shape index (κ3) is 5.29. The summed E-state index contributed by atoms with van der Waals surface area (Å²) in [4.78, 5) is 0. The Hall–Kier alpha value is -0.110. The molecule has 1 N–H and O–H groups in total. The summed E-state index contributed by atoms with van der Waals surface area (Å²) in [7, 11) is 0. The summed E-state index contributed by atoms with van der Waals surface area (Å²) >= 11 is 0. The van der Waals surface area contributed by atoms with Crippen LogP contribution in [-0.2, 0) is 0 Å². The Morgan fingerprint density at radius 3 is 2.25 bits per heavy atom. The van der Waals surface area contributed by atoms with Crippen LogP contribution in [0.1, 0.15) is 65.2 Å². The fourth-order valence-corrected chi connectivity index (χ4v) is 2.72. The van der Waals surface area contributed by atoms with E-state index in [2.05, 4.69) is 19.2 Å². The number of hydrogen-bond acceptors (Lipinski definition) is 1. The highest BCUT2D eigenvalue weighted by molar-refractivity contribution is 4.83. The monoisotopic (exact) mass is 229 g/mol. The second-order valence-electron chi connectivity index (χ2n) is 5.32. The molecule has 0 spiro atoms. The molecule has 1 aliphatic heterocycles. The van der Waals surface area contributed by atoms with Gasteiger partial charge < -0.3 is 5.32 Å². The smallest absolute Gasteiger partial charge is 0.114 e. The largest absolute Gasteiger partial charge is 0.311 e. The first-order valence-electron chi connectivity index (χ1n) is 7.13. The minimum absolute atomic E-state index is 0.453. The van der Waals surface area contributed by atoms with Crippen LogP contribution in [0.15, 0.2) is 0 Å². The first kappa shape index (κ1) is 14.0. The molecule has 1 rings (SSSR count). The normalized spacial score (nSPS) is 25.5. The van der Waals surface area contributed by atoms with E-state index >= 15 is 0 Å². The quantitative estimate of drug-likeness (QED) is 0.661. The van der Waals surface area contributed by atoms with Gasteiger partial charge in [-0.25, -0.2) is 4.39 Å². The van der Waals surface area contributed by atoms with Gasteiger partial charge in [0, 0.05) is 12.6 Å². The maximum atomic E-state index is 13.1. The molecule has 1 saturated heterocycles. The zero-order valence-corrected chi connectivity index (χ0v) is 11.0. The van der Waals surface area contributed by atoms with Gasteiger partial charge >= 0.3 is 0 Å². The van der Waals surface area contributed by atoms with E-state index in [1.54, 1.807) is 0 Å². The highest BCUT2D eigenvalue weighted by Crippen LogP contribution is 2.25. The first-order chi connectivity index (χ1) is 7.76. The Morgan fingerprint density at radius 1 is 1.19 bits per heavy atom. The third-order valence-corrected chi connectivity index (χ3v) is 3.72. The van der Waals surface area contributed by atoms with Gasteiger partial charge in [-0.3, -0.25) is 0 Å². The van der Waals surface area contributed by atoms with E-state index in [0.717, 1.165) is 12.3 Å². The molecular weight excluding hydrogens is 201 g/mol. The molecule has 1 nitrogen and oxygen atoms in total. The molecule has 0 amide bonds. The van der Waals surface area contributed by atoms with Crippen LogP contribution in [0.2, 0.25) is 0 Å². The summed E-state index contributed by atoms with van der Waals surface area (Å²) < 4.78 is 13.1. The predicted molar refractivity (Wildman–Crippen MR) is 68.5 cm³/mol. The Bertz CT molecular complexity index is 164. The minimum Gasteiger partial charge on any atom is -0.311 e. The summed E-state index contributed by atoms with van der Waals surface area (Å²) in [6, 6.07) is 0.453. The molecule has 0 unspecified atom stereocenters. The second kappa shape index (κ2) is 8.05. The Morgan fingerprint density at radius 2 is 1.81 bits per heavy atom. The van der Waals surface area contributed by atoms with Gasteiger partial charge in [0.1, 0.15) is 6.17 Å². The highest BCUT2D eigenvalue weighted by Gasteiger charge is 2.25. The third-order valence-electron chi connectivity index (χ3n) is 3.72. The lowest BCUT2D eigenvalue weighted by Gasteiger charge is -2.20. The second-order valence-corrected chi connectivity index (χ2v) is 5.32. The molecule has 1 heterocycles. The van der Waals surface area contributed by atoms with Crippen molar-refractivity contribution in [2.75, 3.05) is 6.54 Å². The summed E-state index contributed by atoms with van der Waals surface area (Å²) in [5.41, 5.74) is 0. The van der Waals surface area contributed by atoms with E-state index in [1.165, 1.54) is 44.9 Å². The van der Waals surface area contributed by atoms with E-state index in [-0.39, 0.29) is 0 Å². The van der Waals surface area contributed by atoms with Gasteiger partial charge in [-0.05, 0) is 18.8 Å². The molecule has 1 fully saturated rings. The molecule has 2 heteroatoms. The van der Waals surface area contributed by atoms with Gasteiger partial charge in [-0.1, -0.05) is 52.4 Å². The van der Waals surface area contributed by atoms with Crippen molar-refractivity contribution in [2.45, 2.75) is 77.4 Å². The zero-order valence-electron chi connectivity index (χ0n) is 11.0. The van der Waals surface area contributed by atoms with Gasteiger partial charge in [-0.15, -0.1) is 0 Å². The molecule has 0 saturated carbocycles. The van der Waals surface area contributed by atoms with Crippen molar-refractivity contribution in [1.29, 1.82) is 0 Å². The lowest BCUT2D eigenvalue weighted by atomic mass is 9.89. The molecule has 0 aromatic heterocycles. The number of rotatable bonds is 8. The maximum absolute atomic E-state index is 13.1. The van der Waals surface area contributed by atoms with Crippen LogP contribution in [0.3, 0.4) is 0 Å². The van der Waals surface area contributed by atoms with Crippen molar-refractivity contribution in [3.8, 4) is 0 Å². The van der Waals surface area contributed by atoms with Crippen LogP contribution in [-0.4, -0.2) is 18.8 Å². The molecular formula is C14H28FN. The fourth-order valence-electron chi connectivity index (χ4n) is 2.72. The van der Waals surface area contributed by atoms with Crippen molar-refractivity contribution in [3.63, 3.8) is 0 Å². The van der Waals surface area contributed by atoms with Crippen LogP contribution >= 0.6 is 0 Å². The van der Waals surface area contributed by atoms with Crippen LogP contribution in [0.4, 0.5) is 4.39 Å². The molecule has 2 atom stereocenters. The fraction of sp³-hybridized carbons (Fsp3) is 1.00. The lowest BCUT2D eigenvalue weighted by molar-refractivity contribution is 0.326. The van der Waals surface area contributed by atoms with Crippen molar-refractivity contribution in [1.82, 2.24) is 5.32 Å². The highest BCUT2D eigenvalue weighted by atomic mass is 19.1.